The highest BCUT2D eigenvalue weighted by Gasteiger charge is 2.05. The van der Waals surface area contributed by atoms with Gasteiger partial charge in [0.25, 0.3) is 0 Å². The van der Waals surface area contributed by atoms with E-state index in [1.54, 1.807) is 6.07 Å². The topological polar surface area (TPSA) is 74.9 Å². The second-order valence-electron chi connectivity index (χ2n) is 4.56. The molecule has 2 aromatic carbocycles. The minimum absolute atomic E-state index is 0.0121. The van der Waals surface area contributed by atoms with E-state index in [2.05, 4.69) is 9.98 Å². The number of aromatic nitrogens is 1. The van der Waals surface area contributed by atoms with Gasteiger partial charge in [-0.15, -0.1) is 0 Å². The van der Waals surface area contributed by atoms with Gasteiger partial charge in [-0.25, -0.2) is 9.98 Å². The summed E-state index contributed by atoms with van der Waals surface area (Å²) in [4.78, 5) is 8.69. The van der Waals surface area contributed by atoms with Crippen LogP contribution >= 0.6 is 11.3 Å². The first kappa shape index (κ1) is 14.3. The molecule has 0 amide bonds. The highest BCUT2D eigenvalue weighted by atomic mass is 32.1. The molecule has 0 aliphatic rings. The van der Waals surface area contributed by atoms with Crippen molar-refractivity contribution in [3.8, 4) is 17.2 Å². The Morgan fingerprint density at radius 1 is 1.23 bits per heavy atom. The first-order valence-electron chi connectivity index (χ1n) is 6.75. The quantitative estimate of drug-likeness (QED) is 0.717. The van der Waals surface area contributed by atoms with Gasteiger partial charge in [-0.3, -0.25) is 0 Å². The maximum atomic E-state index is 9.72. The predicted octanol–water partition coefficient (Wildman–Crippen LogP) is 3.86. The van der Waals surface area contributed by atoms with Crippen LogP contribution in [-0.4, -0.2) is 28.0 Å². The first-order chi connectivity index (χ1) is 10.7. The number of hydrogen-bond acceptors (Lipinski definition) is 6. The van der Waals surface area contributed by atoms with Gasteiger partial charge in [0.15, 0.2) is 0 Å². The van der Waals surface area contributed by atoms with E-state index in [1.807, 2.05) is 25.1 Å². The average Bonchev–Trinajstić information content (AvgIpc) is 2.89. The lowest BCUT2D eigenvalue weighted by atomic mass is 10.2. The minimum atomic E-state index is -0.0245. The third-order valence-corrected chi connectivity index (χ3v) is 3.91. The summed E-state index contributed by atoms with van der Waals surface area (Å²) in [6.45, 7) is 2.56. The van der Waals surface area contributed by atoms with Crippen LogP contribution < -0.4 is 4.74 Å². The van der Waals surface area contributed by atoms with Crippen LogP contribution in [0.4, 0.5) is 5.13 Å². The lowest BCUT2D eigenvalue weighted by Crippen LogP contribution is -1.89. The van der Waals surface area contributed by atoms with Gasteiger partial charge < -0.3 is 14.9 Å². The van der Waals surface area contributed by atoms with Crippen molar-refractivity contribution in [2.45, 2.75) is 6.92 Å². The van der Waals surface area contributed by atoms with Crippen molar-refractivity contribution in [1.82, 2.24) is 4.98 Å². The number of rotatable bonds is 4. The van der Waals surface area contributed by atoms with Crippen LogP contribution in [-0.2, 0) is 0 Å². The van der Waals surface area contributed by atoms with Crippen molar-refractivity contribution >= 4 is 32.9 Å². The highest BCUT2D eigenvalue weighted by molar-refractivity contribution is 7.22. The summed E-state index contributed by atoms with van der Waals surface area (Å²) in [6.07, 6.45) is 1.52. The molecule has 0 saturated carbocycles. The van der Waals surface area contributed by atoms with Crippen molar-refractivity contribution in [2.75, 3.05) is 6.61 Å². The summed E-state index contributed by atoms with van der Waals surface area (Å²) in [5.41, 5.74) is 1.38. The molecule has 0 unspecified atom stereocenters. The third kappa shape index (κ3) is 3.01. The van der Waals surface area contributed by atoms with E-state index >= 15 is 0 Å². The summed E-state index contributed by atoms with van der Waals surface area (Å²) < 4.78 is 6.46. The molecule has 0 saturated heterocycles. The molecule has 112 valence electrons. The summed E-state index contributed by atoms with van der Waals surface area (Å²) >= 11 is 1.45. The van der Waals surface area contributed by atoms with Gasteiger partial charge in [-0.05, 0) is 37.3 Å². The van der Waals surface area contributed by atoms with E-state index in [4.69, 9.17) is 4.74 Å². The fourth-order valence-electron chi connectivity index (χ4n) is 1.97. The van der Waals surface area contributed by atoms with E-state index in [9.17, 15) is 10.2 Å². The SMILES string of the molecule is CCOc1ccc2nc(N=Cc3ccc(O)cc3O)sc2c1. The number of phenols is 2. The molecular weight excluding hydrogens is 300 g/mol. The molecule has 0 fully saturated rings. The molecule has 0 atom stereocenters. The Kier molecular flexibility index (Phi) is 3.93. The Morgan fingerprint density at radius 2 is 2.09 bits per heavy atom. The Labute approximate surface area is 131 Å². The molecule has 22 heavy (non-hydrogen) atoms. The van der Waals surface area contributed by atoms with Crippen LogP contribution in [0.2, 0.25) is 0 Å². The minimum Gasteiger partial charge on any atom is -0.508 e. The number of nitrogens with zero attached hydrogens (tertiary/aromatic N) is 2. The van der Waals surface area contributed by atoms with Gasteiger partial charge >= 0.3 is 0 Å². The van der Waals surface area contributed by atoms with Crippen molar-refractivity contribution in [3.63, 3.8) is 0 Å². The molecule has 1 aromatic heterocycles. The maximum absolute atomic E-state index is 9.72. The largest absolute Gasteiger partial charge is 0.508 e. The lowest BCUT2D eigenvalue weighted by molar-refractivity contribution is 0.341. The summed E-state index contributed by atoms with van der Waals surface area (Å²) in [5.74, 6) is 0.798. The molecule has 3 rings (SSSR count). The molecule has 1 heterocycles. The molecule has 0 bridgehead atoms. The fourth-order valence-corrected chi connectivity index (χ4v) is 2.81. The van der Waals surface area contributed by atoms with Crippen LogP contribution in [0.5, 0.6) is 17.2 Å². The number of aromatic hydroxyl groups is 2. The summed E-state index contributed by atoms with van der Waals surface area (Å²) in [6, 6.07) is 10.1. The van der Waals surface area contributed by atoms with E-state index < -0.39 is 0 Å². The van der Waals surface area contributed by atoms with Crippen molar-refractivity contribution in [3.05, 3.63) is 42.0 Å². The average molecular weight is 314 g/mol. The van der Waals surface area contributed by atoms with Crippen molar-refractivity contribution in [2.24, 2.45) is 4.99 Å². The zero-order valence-electron chi connectivity index (χ0n) is 11.9. The molecule has 0 spiro atoms. The second kappa shape index (κ2) is 6.03. The number of benzene rings is 2. The van der Waals surface area contributed by atoms with Crippen LogP contribution in [0.1, 0.15) is 12.5 Å². The number of ether oxygens (including phenoxy) is 1. The number of phenolic OH excluding ortho intramolecular Hbond substituents is 2. The van der Waals surface area contributed by atoms with E-state index in [0.29, 0.717) is 17.3 Å². The maximum Gasteiger partial charge on any atom is 0.210 e. The highest BCUT2D eigenvalue weighted by Crippen LogP contribution is 2.31. The number of fused-ring (bicyclic) bond motifs is 1. The molecule has 3 aromatic rings. The first-order valence-corrected chi connectivity index (χ1v) is 7.57. The molecule has 2 N–H and O–H groups in total. The smallest absolute Gasteiger partial charge is 0.210 e. The van der Waals surface area contributed by atoms with E-state index in [1.165, 1.54) is 29.7 Å². The predicted molar refractivity (Wildman–Crippen MR) is 87.8 cm³/mol. The number of hydrogen-bond donors (Lipinski definition) is 2. The van der Waals surface area contributed by atoms with Gasteiger partial charge in [-0.2, -0.15) is 0 Å². The Morgan fingerprint density at radius 3 is 2.86 bits per heavy atom. The molecule has 5 nitrogen and oxygen atoms in total. The molecular formula is C16H14N2O3S. The fraction of sp³-hybridized carbons (Fsp3) is 0.125. The van der Waals surface area contributed by atoms with Gasteiger partial charge in [-0.1, -0.05) is 11.3 Å². The Balaban J connectivity index is 1.88. The molecule has 0 radical (unpaired) electrons. The lowest BCUT2D eigenvalue weighted by Gasteiger charge is -2.00. The van der Waals surface area contributed by atoms with Crippen LogP contribution in [0.15, 0.2) is 41.4 Å². The van der Waals surface area contributed by atoms with E-state index in [-0.39, 0.29) is 11.5 Å². The number of thiazole rings is 1. The second-order valence-corrected chi connectivity index (χ2v) is 5.57. The normalized spacial score (nSPS) is 11.3. The Hall–Kier alpha value is -2.60. The van der Waals surface area contributed by atoms with Crippen LogP contribution in [0, 0.1) is 0 Å². The number of aliphatic imine (C=N–C) groups is 1. The zero-order chi connectivity index (χ0) is 15.5. The monoisotopic (exact) mass is 314 g/mol. The van der Waals surface area contributed by atoms with Gasteiger partial charge in [0.2, 0.25) is 5.13 Å². The zero-order valence-corrected chi connectivity index (χ0v) is 12.7. The standard InChI is InChI=1S/C16H14N2O3S/c1-2-21-12-5-6-13-15(8-12)22-16(18-13)17-9-10-3-4-11(19)7-14(10)20/h3-9,19-20H,2H2,1H3. The molecule has 0 aliphatic carbocycles. The van der Waals surface area contributed by atoms with Gasteiger partial charge in [0.1, 0.15) is 17.2 Å². The molecule has 0 aliphatic heterocycles. The Bertz CT molecular complexity index is 843. The van der Waals surface area contributed by atoms with Crippen LogP contribution in [0.3, 0.4) is 0 Å². The summed E-state index contributed by atoms with van der Waals surface area (Å²) in [5, 5.41) is 19.6. The summed E-state index contributed by atoms with van der Waals surface area (Å²) in [7, 11) is 0. The third-order valence-electron chi connectivity index (χ3n) is 2.99. The van der Waals surface area contributed by atoms with E-state index in [0.717, 1.165) is 16.0 Å². The molecule has 6 heteroatoms. The van der Waals surface area contributed by atoms with Crippen LogP contribution in [0.25, 0.3) is 10.2 Å². The van der Waals surface area contributed by atoms with Crippen molar-refractivity contribution < 1.29 is 14.9 Å². The van der Waals surface area contributed by atoms with Gasteiger partial charge in [0, 0.05) is 17.8 Å². The van der Waals surface area contributed by atoms with Gasteiger partial charge in [0.05, 0.1) is 16.8 Å². The van der Waals surface area contributed by atoms with Crippen molar-refractivity contribution in [1.29, 1.82) is 0 Å².